The highest BCUT2D eigenvalue weighted by molar-refractivity contribution is 5.23. The fourth-order valence-electron chi connectivity index (χ4n) is 1.02. The molecule has 0 aromatic heterocycles. The van der Waals surface area contributed by atoms with Gasteiger partial charge in [0.25, 0.3) is 0 Å². The van der Waals surface area contributed by atoms with Crippen molar-refractivity contribution in [3.63, 3.8) is 0 Å². The molecule has 1 aliphatic carbocycles. The third-order valence-electron chi connectivity index (χ3n) is 1.82. The van der Waals surface area contributed by atoms with Gasteiger partial charge in [-0.2, -0.15) is 0 Å². The lowest BCUT2D eigenvalue weighted by Gasteiger charge is -2.19. The summed E-state index contributed by atoms with van der Waals surface area (Å²) in [5, 5.41) is 9.58. The van der Waals surface area contributed by atoms with E-state index in [9.17, 15) is 5.11 Å². The van der Waals surface area contributed by atoms with E-state index in [-0.39, 0.29) is 0 Å². The monoisotopic (exact) mass is 124 g/mol. The standard InChI is InChI=1S/C8H12O/c1-7(2)8(9)5-3-4-6-8/h3,5,9H,1,4,6H2,2H3. The molecule has 0 saturated carbocycles. The number of hydrogen-bond donors (Lipinski definition) is 1. The van der Waals surface area contributed by atoms with Crippen LogP contribution in [0.4, 0.5) is 0 Å². The Hall–Kier alpha value is -0.560. The van der Waals surface area contributed by atoms with E-state index in [0.29, 0.717) is 0 Å². The van der Waals surface area contributed by atoms with Crippen molar-refractivity contribution in [1.29, 1.82) is 0 Å². The molecule has 0 aliphatic heterocycles. The van der Waals surface area contributed by atoms with Crippen LogP contribution in [-0.2, 0) is 0 Å². The van der Waals surface area contributed by atoms with Crippen molar-refractivity contribution >= 4 is 0 Å². The molecule has 0 aromatic rings. The van der Waals surface area contributed by atoms with E-state index in [1.54, 1.807) is 0 Å². The van der Waals surface area contributed by atoms with Crippen LogP contribution < -0.4 is 0 Å². The molecule has 1 atom stereocenters. The summed E-state index contributed by atoms with van der Waals surface area (Å²) in [6.45, 7) is 5.56. The molecule has 0 amide bonds. The summed E-state index contributed by atoms with van der Waals surface area (Å²) in [4.78, 5) is 0. The van der Waals surface area contributed by atoms with Crippen molar-refractivity contribution in [3.05, 3.63) is 24.3 Å². The fourth-order valence-corrected chi connectivity index (χ4v) is 1.02. The summed E-state index contributed by atoms with van der Waals surface area (Å²) in [5.41, 5.74) is 0.163. The van der Waals surface area contributed by atoms with Crippen LogP contribution in [0.25, 0.3) is 0 Å². The molecule has 0 heterocycles. The Labute approximate surface area is 55.7 Å². The highest BCUT2D eigenvalue weighted by atomic mass is 16.3. The Morgan fingerprint density at radius 2 is 2.44 bits per heavy atom. The maximum Gasteiger partial charge on any atom is 0.103 e. The molecule has 9 heavy (non-hydrogen) atoms. The fraction of sp³-hybridized carbons (Fsp3) is 0.500. The van der Waals surface area contributed by atoms with Crippen molar-refractivity contribution < 1.29 is 5.11 Å². The van der Waals surface area contributed by atoms with Gasteiger partial charge in [-0.25, -0.2) is 0 Å². The number of rotatable bonds is 1. The van der Waals surface area contributed by atoms with Gasteiger partial charge in [0.2, 0.25) is 0 Å². The average Bonchev–Trinajstić information content (AvgIpc) is 2.16. The first kappa shape index (κ1) is 6.56. The minimum atomic E-state index is -0.681. The molecular formula is C8H12O. The first-order valence-electron chi connectivity index (χ1n) is 3.21. The third-order valence-corrected chi connectivity index (χ3v) is 1.82. The van der Waals surface area contributed by atoms with E-state index in [2.05, 4.69) is 6.58 Å². The molecule has 1 rings (SSSR count). The molecule has 0 saturated heterocycles. The topological polar surface area (TPSA) is 20.2 Å². The predicted molar refractivity (Wildman–Crippen MR) is 38.1 cm³/mol. The van der Waals surface area contributed by atoms with Gasteiger partial charge >= 0.3 is 0 Å². The molecule has 1 N–H and O–H groups in total. The second-order valence-corrected chi connectivity index (χ2v) is 2.65. The molecule has 0 fully saturated rings. The normalized spacial score (nSPS) is 33.1. The van der Waals surface area contributed by atoms with Crippen LogP contribution in [-0.4, -0.2) is 10.7 Å². The average molecular weight is 124 g/mol. The molecule has 0 aromatic carbocycles. The molecule has 0 radical (unpaired) electrons. The summed E-state index contributed by atoms with van der Waals surface area (Å²) >= 11 is 0. The van der Waals surface area contributed by atoms with Gasteiger partial charge in [0.15, 0.2) is 0 Å². The lowest BCUT2D eigenvalue weighted by Crippen LogP contribution is -2.23. The number of hydrogen-bond acceptors (Lipinski definition) is 1. The minimum absolute atomic E-state index is 0.681. The molecule has 0 bridgehead atoms. The van der Waals surface area contributed by atoms with E-state index in [0.717, 1.165) is 18.4 Å². The second-order valence-electron chi connectivity index (χ2n) is 2.65. The van der Waals surface area contributed by atoms with Crippen LogP contribution >= 0.6 is 0 Å². The van der Waals surface area contributed by atoms with E-state index < -0.39 is 5.60 Å². The Morgan fingerprint density at radius 1 is 1.78 bits per heavy atom. The molecule has 50 valence electrons. The molecule has 1 heteroatoms. The van der Waals surface area contributed by atoms with Crippen molar-refractivity contribution in [2.45, 2.75) is 25.4 Å². The van der Waals surface area contributed by atoms with Gasteiger partial charge in [-0.1, -0.05) is 18.7 Å². The summed E-state index contributed by atoms with van der Waals surface area (Å²) < 4.78 is 0. The zero-order valence-corrected chi connectivity index (χ0v) is 5.72. The number of allylic oxidation sites excluding steroid dienone is 1. The maximum atomic E-state index is 9.58. The summed E-state index contributed by atoms with van der Waals surface area (Å²) in [6.07, 6.45) is 5.61. The molecule has 1 nitrogen and oxygen atoms in total. The Kier molecular flexibility index (Phi) is 1.45. The minimum Gasteiger partial charge on any atom is -0.381 e. The molecule has 1 unspecified atom stereocenters. The van der Waals surface area contributed by atoms with Crippen LogP contribution in [0.15, 0.2) is 24.3 Å². The van der Waals surface area contributed by atoms with Gasteiger partial charge in [0.05, 0.1) is 0 Å². The van der Waals surface area contributed by atoms with Crippen LogP contribution in [0.3, 0.4) is 0 Å². The van der Waals surface area contributed by atoms with Crippen molar-refractivity contribution in [3.8, 4) is 0 Å². The molecule has 0 spiro atoms. The zero-order chi connectivity index (χ0) is 6.91. The highest BCUT2D eigenvalue weighted by Gasteiger charge is 2.26. The molecular weight excluding hydrogens is 112 g/mol. The van der Waals surface area contributed by atoms with E-state index in [4.69, 9.17) is 0 Å². The lowest BCUT2D eigenvalue weighted by molar-refractivity contribution is 0.130. The smallest absolute Gasteiger partial charge is 0.103 e. The first-order chi connectivity index (χ1) is 4.15. The first-order valence-corrected chi connectivity index (χ1v) is 3.21. The van der Waals surface area contributed by atoms with Crippen molar-refractivity contribution in [2.75, 3.05) is 0 Å². The second kappa shape index (κ2) is 1.99. The van der Waals surface area contributed by atoms with Crippen LogP contribution in [0.5, 0.6) is 0 Å². The van der Waals surface area contributed by atoms with Crippen LogP contribution in [0, 0.1) is 0 Å². The largest absolute Gasteiger partial charge is 0.381 e. The third kappa shape index (κ3) is 1.06. The van der Waals surface area contributed by atoms with E-state index in [1.165, 1.54) is 0 Å². The van der Waals surface area contributed by atoms with Crippen LogP contribution in [0.2, 0.25) is 0 Å². The Morgan fingerprint density at radius 3 is 2.67 bits per heavy atom. The van der Waals surface area contributed by atoms with Gasteiger partial charge in [-0.15, -0.1) is 0 Å². The van der Waals surface area contributed by atoms with Gasteiger partial charge in [0.1, 0.15) is 5.60 Å². The predicted octanol–water partition coefficient (Wildman–Crippen LogP) is 1.64. The SMILES string of the molecule is C=C(C)C1(O)C=CCC1. The zero-order valence-electron chi connectivity index (χ0n) is 5.72. The Bertz CT molecular complexity index is 158. The van der Waals surface area contributed by atoms with Gasteiger partial charge in [-0.3, -0.25) is 0 Å². The summed E-state index contributed by atoms with van der Waals surface area (Å²) in [5.74, 6) is 0. The molecule has 1 aliphatic rings. The van der Waals surface area contributed by atoms with Crippen molar-refractivity contribution in [2.24, 2.45) is 0 Å². The van der Waals surface area contributed by atoms with Gasteiger partial charge in [-0.05, 0) is 25.3 Å². The van der Waals surface area contributed by atoms with E-state index >= 15 is 0 Å². The maximum absolute atomic E-state index is 9.58. The Balaban J connectivity index is 2.74. The van der Waals surface area contributed by atoms with Crippen molar-refractivity contribution in [1.82, 2.24) is 0 Å². The quantitative estimate of drug-likeness (QED) is 0.527. The van der Waals surface area contributed by atoms with Gasteiger partial charge in [0, 0.05) is 0 Å². The lowest BCUT2D eigenvalue weighted by atomic mass is 9.96. The van der Waals surface area contributed by atoms with Gasteiger partial charge < -0.3 is 5.11 Å². The summed E-state index contributed by atoms with van der Waals surface area (Å²) in [6, 6.07) is 0. The number of aliphatic hydroxyl groups is 1. The van der Waals surface area contributed by atoms with E-state index in [1.807, 2.05) is 19.1 Å². The van der Waals surface area contributed by atoms with Crippen LogP contribution in [0.1, 0.15) is 19.8 Å². The summed E-state index contributed by atoms with van der Waals surface area (Å²) in [7, 11) is 0. The highest BCUT2D eigenvalue weighted by Crippen LogP contribution is 2.28.